The minimum Gasteiger partial charge on any atom is -0.202 e. The van der Waals surface area contributed by atoms with E-state index in [0.29, 0.717) is 6.42 Å². The molecule has 0 heterocycles. The molecule has 0 saturated carbocycles. The van der Waals surface area contributed by atoms with Crippen LogP contribution in [-0.4, -0.2) is 5.92 Å². The van der Waals surface area contributed by atoms with Crippen molar-refractivity contribution >= 4 is 0 Å². The zero-order chi connectivity index (χ0) is 8.32. The number of hydrogen-bond donors (Lipinski definition) is 0. The van der Waals surface area contributed by atoms with Gasteiger partial charge in [-0.3, -0.25) is 0 Å². The van der Waals surface area contributed by atoms with Gasteiger partial charge in [0, 0.05) is 6.42 Å². The smallest absolute Gasteiger partial charge is 0.202 e. The molecule has 0 N–H and O–H groups in total. The number of rotatable bonds is 2. The Morgan fingerprint density at radius 1 is 1.55 bits per heavy atom. The Morgan fingerprint density at radius 2 is 2.27 bits per heavy atom. The van der Waals surface area contributed by atoms with Crippen LogP contribution in [0.15, 0.2) is 11.6 Å². The number of allylic oxidation sites excluding steroid dienone is 2. The maximum absolute atomic E-state index is 12.7. The summed E-state index contributed by atoms with van der Waals surface area (Å²) >= 11 is 0. The Labute approximate surface area is 66.3 Å². The van der Waals surface area contributed by atoms with E-state index in [4.69, 9.17) is 0 Å². The number of alkyl halides is 2. The van der Waals surface area contributed by atoms with Crippen LogP contribution < -0.4 is 0 Å². The molecule has 0 nitrogen and oxygen atoms in total. The molecule has 1 aliphatic rings. The van der Waals surface area contributed by atoms with Gasteiger partial charge in [0.05, 0.1) is 0 Å². The Hall–Kier alpha value is -0.400. The van der Waals surface area contributed by atoms with Gasteiger partial charge in [-0.1, -0.05) is 18.9 Å². The first-order valence-electron chi connectivity index (χ1n) is 4.22. The maximum atomic E-state index is 12.7. The molecule has 0 aliphatic heterocycles. The largest absolute Gasteiger partial charge is 0.266 e. The molecule has 1 rings (SSSR count). The second kappa shape index (κ2) is 3.33. The zero-order valence-corrected chi connectivity index (χ0v) is 6.87. The minimum absolute atomic E-state index is 0.0419. The molecule has 1 aliphatic carbocycles. The average Bonchev–Trinajstić information content (AvgIpc) is 1.85. The maximum Gasteiger partial charge on any atom is 0.266 e. The average molecular weight is 160 g/mol. The highest BCUT2D eigenvalue weighted by molar-refractivity contribution is 5.11. The van der Waals surface area contributed by atoms with Gasteiger partial charge in [0.2, 0.25) is 0 Å². The van der Waals surface area contributed by atoms with Crippen LogP contribution in [0.25, 0.3) is 0 Å². The molecule has 0 amide bonds. The van der Waals surface area contributed by atoms with Gasteiger partial charge in [-0.05, 0) is 25.3 Å². The monoisotopic (exact) mass is 160 g/mol. The SMILES string of the molecule is CCCC1=CC(F)(F)CCC1. The van der Waals surface area contributed by atoms with Gasteiger partial charge >= 0.3 is 0 Å². The third kappa shape index (κ3) is 2.60. The predicted octanol–water partition coefficient (Wildman–Crippen LogP) is 3.53. The lowest BCUT2D eigenvalue weighted by molar-refractivity contribution is 0.0368. The molecule has 0 fully saturated rings. The summed E-state index contributed by atoms with van der Waals surface area (Å²) in [6.45, 7) is 2.02. The van der Waals surface area contributed by atoms with Crippen LogP contribution in [0.1, 0.15) is 39.0 Å². The van der Waals surface area contributed by atoms with Crippen molar-refractivity contribution in [2.24, 2.45) is 0 Å². The third-order valence-electron chi connectivity index (χ3n) is 1.99. The molecule has 0 aromatic carbocycles. The van der Waals surface area contributed by atoms with E-state index in [9.17, 15) is 8.78 Å². The molecular formula is C9H14F2. The summed E-state index contributed by atoms with van der Waals surface area (Å²) in [4.78, 5) is 0. The molecule has 0 bridgehead atoms. The fourth-order valence-corrected chi connectivity index (χ4v) is 1.51. The summed E-state index contributed by atoms with van der Waals surface area (Å²) in [5, 5.41) is 0. The van der Waals surface area contributed by atoms with Gasteiger partial charge in [-0.2, -0.15) is 0 Å². The highest BCUT2D eigenvalue weighted by Crippen LogP contribution is 2.32. The summed E-state index contributed by atoms with van der Waals surface area (Å²) in [7, 11) is 0. The van der Waals surface area contributed by atoms with Gasteiger partial charge in [-0.15, -0.1) is 0 Å². The van der Waals surface area contributed by atoms with Gasteiger partial charge < -0.3 is 0 Å². The fourth-order valence-electron chi connectivity index (χ4n) is 1.51. The summed E-state index contributed by atoms with van der Waals surface area (Å²) in [5.41, 5.74) is 0.948. The topological polar surface area (TPSA) is 0 Å². The molecule has 0 atom stereocenters. The van der Waals surface area contributed by atoms with E-state index in [1.807, 2.05) is 6.92 Å². The van der Waals surface area contributed by atoms with E-state index in [1.165, 1.54) is 6.08 Å². The number of halogens is 2. The first kappa shape index (κ1) is 8.69. The lowest BCUT2D eigenvalue weighted by Crippen LogP contribution is -2.16. The summed E-state index contributed by atoms with van der Waals surface area (Å²) in [6.07, 6.45) is 4.56. The zero-order valence-electron chi connectivity index (χ0n) is 6.87. The van der Waals surface area contributed by atoms with Crippen LogP contribution in [0, 0.1) is 0 Å². The fraction of sp³-hybridized carbons (Fsp3) is 0.778. The van der Waals surface area contributed by atoms with Crippen molar-refractivity contribution in [2.45, 2.75) is 45.0 Å². The second-order valence-corrected chi connectivity index (χ2v) is 3.17. The van der Waals surface area contributed by atoms with Crippen molar-refractivity contribution in [1.29, 1.82) is 0 Å². The van der Waals surface area contributed by atoms with Gasteiger partial charge in [-0.25, -0.2) is 8.78 Å². The lowest BCUT2D eigenvalue weighted by Gasteiger charge is -2.20. The molecule has 0 radical (unpaired) electrons. The van der Waals surface area contributed by atoms with Crippen molar-refractivity contribution < 1.29 is 8.78 Å². The molecule has 64 valence electrons. The van der Waals surface area contributed by atoms with Gasteiger partial charge in [0.1, 0.15) is 0 Å². The quantitative estimate of drug-likeness (QED) is 0.542. The van der Waals surface area contributed by atoms with Crippen LogP contribution >= 0.6 is 0 Å². The normalized spacial score (nSPS) is 23.0. The molecule has 2 heteroatoms. The highest BCUT2D eigenvalue weighted by atomic mass is 19.3. The first-order chi connectivity index (χ1) is 5.14. The Bertz CT molecular complexity index is 159. The molecule has 0 aromatic rings. The van der Waals surface area contributed by atoms with Crippen molar-refractivity contribution in [1.82, 2.24) is 0 Å². The molecule has 0 saturated heterocycles. The summed E-state index contributed by atoms with van der Waals surface area (Å²) in [6, 6.07) is 0. The third-order valence-corrected chi connectivity index (χ3v) is 1.99. The van der Waals surface area contributed by atoms with E-state index in [2.05, 4.69) is 0 Å². The molecule has 11 heavy (non-hydrogen) atoms. The van der Waals surface area contributed by atoms with E-state index >= 15 is 0 Å². The van der Waals surface area contributed by atoms with Crippen molar-refractivity contribution in [3.63, 3.8) is 0 Å². The second-order valence-electron chi connectivity index (χ2n) is 3.17. The van der Waals surface area contributed by atoms with Crippen LogP contribution in [0.2, 0.25) is 0 Å². The molecule has 0 aromatic heterocycles. The first-order valence-corrected chi connectivity index (χ1v) is 4.22. The predicted molar refractivity (Wildman–Crippen MR) is 41.8 cm³/mol. The molecule has 0 spiro atoms. The van der Waals surface area contributed by atoms with Gasteiger partial charge in [0.15, 0.2) is 0 Å². The van der Waals surface area contributed by atoms with Crippen LogP contribution in [0.5, 0.6) is 0 Å². The molecule has 0 unspecified atom stereocenters. The summed E-state index contributed by atoms with van der Waals surface area (Å²) < 4.78 is 25.4. The van der Waals surface area contributed by atoms with E-state index in [0.717, 1.165) is 24.8 Å². The van der Waals surface area contributed by atoms with Crippen LogP contribution in [0.4, 0.5) is 8.78 Å². The van der Waals surface area contributed by atoms with Crippen LogP contribution in [-0.2, 0) is 0 Å². The lowest BCUT2D eigenvalue weighted by atomic mass is 9.94. The van der Waals surface area contributed by atoms with Crippen molar-refractivity contribution in [3.8, 4) is 0 Å². The van der Waals surface area contributed by atoms with Crippen LogP contribution in [0.3, 0.4) is 0 Å². The Morgan fingerprint density at radius 3 is 2.82 bits per heavy atom. The molecular weight excluding hydrogens is 146 g/mol. The highest BCUT2D eigenvalue weighted by Gasteiger charge is 2.28. The summed E-state index contributed by atoms with van der Waals surface area (Å²) in [5.74, 6) is -2.51. The Kier molecular flexibility index (Phi) is 2.63. The standard InChI is InChI=1S/C9H14F2/c1-2-4-8-5-3-6-9(10,11)7-8/h7H,2-6H2,1H3. The van der Waals surface area contributed by atoms with Crippen molar-refractivity contribution in [2.75, 3.05) is 0 Å². The Balaban J connectivity index is 2.57. The van der Waals surface area contributed by atoms with Crippen molar-refractivity contribution in [3.05, 3.63) is 11.6 Å². The minimum atomic E-state index is -2.51. The van der Waals surface area contributed by atoms with E-state index in [1.54, 1.807) is 0 Å². The van der Waals surface area contributed by atoms with Gasteiger partial charge in [0.25, 0.3) is 5.92 Å². The van der Waals surface area contributed by atoms with E-state index in [-0.39, 0.29) is 6.42 Å². The van der Waals surface area contributed by atoms with E-state index < -0.39 is 5.92 Å². The number of hydrogen-bond acceptors (Lipinski definition) is 0.